The SMILES string of the molecule is CC(=O)CCCC(=O)C[C@@H](CCCN=C(N)N[N+](=O)[O-])C(=O)N[C@@H](CC(C)C)B(O)O. The van der Waals surface area contributed by atoms with Crippen molar-refractivity contribution in [1.29, 1.82) is 0 Å². The molecule has 0 heterocycles. The van der Waals surface area contributed by atoms with Crippen molar-refractivity contribution < 1.29 is 29.5 Å². The normalized spacial score (nSPS) is 13.4. The second kappa shape index (κ2) is 15.3. The van der Waals surface area contributed by atoms with E-state index in [9.17, 15) is 34.5 Å². The Labute approximate surface area is 182 Å². The zero-order valence-electron chi connectivity index (χ0n) is 18.4. The first-order valence-electron chi connectivity index (χ1n) is 10.3. The van der Waals surface area contributed by atoms with Crippen molar-refractivity contribution in [3.8, 4) is 0 Å². The maximum atomic E-state index is 12.7. The summed E-state index contributed by atoms with van der Waals surface area (Å²) >= 11 is 0. The van der Waals surface area contributed by atoms with Crippen molar-refractivity contribution in [2.45, 2.75) is 71.7 Å². The molecule has 0 aromatic rings. The van der Waals surface area contributed by atoms with Crippen LogP contribution in [-0.2, 0) is 14.4 Å². The average Bonchev–Trinajstić information content (AvgIpc) is 2.62. The van der Waals surface area contributed by atoms with E-state index in [1.54, 1.807) is 5.43 Å². The number of ketones is 2. The summed E-state index contributed by atoms with van der Waals surface area (Å²) in [6, 6.07) is 0. The van der Waals surface area contributed by atoms with Gasteiger partial charge in [-0.2, -0.15) is 0 Å². The molecular formula is C18H34BN5O7. The maximum Gasteiger partial charge on any atom is 0.475 e. The molecule has 13 heteroatoms. The lowest BCUT2D eigenvalue weighted by Gasteiger charge is -2.23. The predicted molar refractivity (Wildman–Crippen MR) is 115 cm³/mol. The van der Waals surface area contributed by atoms with Gasteiger partial charge < -0.3 is 25.9 Å². The molecule has 0 aliphatic heterocycles. The summed E-state index contributed by atoms with van der Waals surface area (Å²) in [6.45, 7) is 5.29. The average molecular weight is 443 g/mol. The molecule has 0 aliphatic carbocycles. The summed E-state index contributed by atoms with van der Waals surface area (Å²) in [4.78, 5) is 50.1. The number of nitrogens with one attached hydrogen (secondary N) is 2. The minimum absolute atomic E-state index is 0.0191. The van der Waals surface area contributed by atoms with E-state index in [1.807, 2.05) is 13.8 Å². The summed E-state index contributed by atoms with van der Waals surface area (Å²) in [5.74, 6) is -2.56. The maximum absolute atomic E-state index is 12.7. The van der Waals surface area contributed by atoms with Gasteiger partial charge in [0, 0.05) is 31.7 Å². The second-order valence-electron chi connectivity index (χ2n) is 7.93. The number of guanidine groups is 1. The monoisotopic (exact) mass is 443 g/mol. The Morgan fingerprint density at radius 2 is 1.84 bits per heavy atom. The van der Waals surface area contributed by atoms with Crippen LogP contribution in [0.3, 0.4) is 0 Å². The number of rotatable bonds is 16. The number of nitro groups is 1. The van der Waals surface area contributed by atoms with E-state index < -0.39 is 29.9 Å². The molecule has 0 fully saturated rings. The minimum atomic E-state index is -1.74. The van der Waals surface area contributed by atoms with Gasteiger partial charge in [-0.05, 0) is 38.5 Å². The van der Waals surface area contributed by atoms with E-state index in [-0.39, 0.29) is 55.7 Å². The molecule has 0 saturated carbocycles. The molecular weight excluding hydrogens is 409 g/mol. The quantitative estimate of drug-likeness (QED) is 0.0533. The lowest BCUT2D eigenvalue weighted by Crippen LogP contribution is -2.49. The number of carbonyl (C=O) groups excluding carboxylic acids is 3. The fourth-order valence-corrected chi connectivity index (χ4v) is 2.97. The molecule has 0 bridgehead atoms. The molecule has 0 spiro atoms. The number of nitrogens with two attached hydrogens (primary N) is 1. The van der Waals surface area contributed by atoms with E-state index in [1.165, 1.54) is 6.92 Å². The van der Waals surface area contributed by atoms with Crippen molar-refractivity contribution in [1.82, 2.24) is 10.7 Å². The van der Waals surface area contributed by atoms with Crippen molar-refractivity contribution >= 4 is 30.6 Å². The van der Waals surface area contributed by atoms with E-state index in [4.69, 9.17) is 5.73 Å². The first kappa shape index (κ1) is 28.5. The summed E-state index contributed by atoms with van der Waals surface area (Å²) in [5.41, 5.74) is 7.05. The first-order chi connectivity index (χ1) is 14.4. The molecule has 6 N–H and O–H groups in total. The molecule has 0 saturated heterocycles. The zero-order chi connectivity index (χ0) is 24.0. The molecule has 0 aromatic carbocycles. The molecule has 0 radical (unpaired) electrons. The third-order valence-electron chi connectivity index (χ3n) is 4.44. The highest BCUT2D eigenvalue weighted by Crippen LogP contribution is 2.16. The zero-order valence-corrected chi connectivity index (χ0v) is 18.4. The Bertz CT molecular complexity index is 643. The largest absolute Gasteiger partial charge is 0.475 e. The van der Waals surface area contributed by atoms with Crippen LogP contribution in [0.4, 0.5) is 0 Å². The summed E-state index contributed by atoms with van der Waals surface area (Å²) in [6.07, 6.45) is 1.71. The highest BCUT2D eigenvalue weighted by molar-refractivity contribution is 6.43. The lowest BCUT2D eigenvalue weighted by atomic mass is 9.74. The number of amides is 1. The Morgan fingerprint density at radius 3 is 2.35 bits per heavy atom. The van der Waals surface area contributed by atoms with Gasteiger partial charge in [0.05, 0.1) is 5.94 Å². The van der Waals surface area contributed by atoms with E-state index in [2.05, 4.69) is 10.3 Å². The molecule has 176 valence electrons. The third kappa shape index (κ3) is 15.0. The van der Waals surface area contributed by atoms with Crippen LogP contribution in [0.5, 0.6) is 0 Å². The van der Waals surface area contributed by atoms with E-state index >= 15 is 0 Å². The summed E-state index contributed by atoms with van der Waals surface area (Å²) < 4.78 is 0. The third-order valence-corrected chi connectivity index (χ3v) is 4.44. The van der Waals surface area contributed by atoms with Gasteiger partial charge in [-0.1, -0.05) is 19.3 Å². The van der Waals surface area contributed by atoms with Gasteiger partial charge in [0.2, 0.25) is 5.91 Å². The topological polar surface area (TPSA) is 197 Å². The lowest BCUT2D eigenvalue weighted by molar-refractivity contribution is -0.525. The number of carbonyl (C=O) groups is 3. The van der Waals surface area contributed by atoms with Gasteiger partial charge in [-0.25, -0.2) is 15.1 Å². The van der Waals surface area contributed by atoms with Gasteiger partial charge in [0.25, 0.3) is 5.96 Å². The van der Waals surface area contributed by atoms with Gasteiger partial charge in [-0.3, -0.25) is 9.59 Å². The smallest absolute Gasteiger partial charge is 0.426 e. The van der Waals surface area contributed by atoms with Crippen LogP contribution in [0.25, 0.3) is 0 Å². The summed E-state index contributed by atoms with van der Waals surface area (Å²) in [7, 11) is -1.74. The molecule has 1 amide bonds. The minimum Gasteiger partial charge on any atom is -0.426 e. The van der Waals surface area contributed by atoms with Crippen LogP contribution in [0.1, 0.15) is 65.7 Å². The molecule has 0 aliphatic rings. The first-order valence-corrected chi connectivity index (χ1v) is 10.3. The number of Topliss-reactive ketones (excluding diaryl/α,β-unsaturated/α-hetero) is 2. The van der Waals surface area contributed by atoms with Crippen LogP contribution in [0, 0.1) is 22.0 Å². The highest BCUT2D eigenvalue weighted by Gasteiger charge is 2.29. The Hall–Kier alpha value is -2.54. The van der Waals surface area contributed by atoms with Gasteiger partial charge in [0.15, 0.2) is 5.03 Å². The van der Waals surface area contributed by atoms with Gasteiger partial charge in [-0.15, -0.1) is 0 Å². The Kier molecular flexibility index (Phi) is 14.0. The van der Waals surface area contributed by atoms with Crippen LogP contribution < -0.4 is 16.5 Å². The molecule has 0 rings (SSSR count). The number of hydrogen-bond acceptors (Lipinski definition) is 8. The van der Waals surface area contributed by atoms with Crippen LogP contribution in [0.2, 0.25) is 0 Å². The van der Waals surface area contributed by atoms with Crippen molar-refractivity contribution in [2.75, 3.05) is 6.54 Å². The molecule has 2 atom stereocenters. The van der Waals surface area contributed by atoms with Crippen molar-refractivity contribution in [3.05, 3.63) is 10.1 Å². The fraction of sp³-hybridized carbons (Fsp3) is 0.778. The van der Waals surface area contributed by atoms with E-state index in [0.29, 0.717) is 19.3 Å². The number of hydrogen-bond donors (Lipinski definition) is 5. The fourth-order valence-electron chi connectivity index (χ4n) is 2.97. The second-order valence-corrected chi connectivity index (χ2v) is 7.93. The van der Waals surface area contributed by atoms with Crippen LogP contribution in [-0.4, -0.2) is 58.1 Å². The Morgan fingerprint density at radius 1 is 1.19 bits per heavy atom. The number of hydrazine groups is 1. The molecule has 0 aromatic heterocycles. The predicted octanol–water partition coefficient (Wildman–Crippen LogP) is -0.260. The van der Waals surface area contributed by atoms with Crippen molar-refractivity contribution in [3.63, 3.8) is 0 Å². The molecule has 12 nitrogen and oxygen atoms in total. The number of nitrogens with zero attached hydrogens (tertiary/aromatic N) is 2. The van der Waals surface area contributed by atoms with Gasteiger partial charge >= 0.3 is 7.12 Å². The van der Waals surface area contributed by atoms with Crippen molar-refractivity contribution in [2.24, 2.45) is 22.6 Å². The van der Waals surface area contributed by atoms with Crippen LogP contribution >= 0.6 is 0 Å². The Balaban J connectivity index is 5.01. The van der Waals surface area contributed by atoms with E-state index in [0.717, 1.165) is 0 Å². The highest BCUT2D eigenvalue weighted by atomic mass is 16.7. The molecule has 0 unspecified atom stereocenters. The summed E-state index contributed by atoms with van der Waals surface area (Å²) in [5, 5.41) is 31.1. The number of aliphatic imine (C=N–C) groups is 1. The molecule has 31 heavy (non-hydrogen) atoms. The van der Waals surface area contributed by atoms with Gasteiger partial charge in [0.1, 0.15) is 11.6 Å². The standard InChI is InChI=1S/C18H34BN5O7/c1-12(2)10-16(19(28)29)22-17(27)14(11-15(26)8-4-6-13(3)25)7-5-9-21-18(20)23-24(30)31/h12,14,16,28-29H,4-11H2,1-3H3,(H,22,27)(H3,20,21,23)/t14-,16+/m1/s1. The van der Waals surface area contributed by atoms with Crippen LogP contribution in [0.15, 0.2) is 4.99 Å².